The molecule has 3 aromatic rings. The number of nitro groups is 1. The van der Waals surface area contributed by atoms with E-state index in [0.29, 0.717) is 30.3 Å². The van der Waals surface area contributed by atoms with E-state index in [9.17, 15) is 19.7 Å². The SMILES string of the molecule is Cc1ccc(OCCCCN2C(=O)COc3ccc(NC(=O)c4ccc([N+](=O)[O-])cc4)cc32)cc1. The van der Waals surface area contributed by atoms with Crippen molar-refractivity contribution in [2.75, 3.05) is 30.0 Å². The Kier molecular flexibility index (Phi) is 7.25. The fourth-order valence-electron chi connectivity index (χ4n) is 3.66. The molecule has 0 spiro atoms. The number of non-ortho nitro benzene ring substituents is 1. The standard InChI is InChI=1S/C26H25N3O6/c1-18-4-11-22(12-5-18)34-15-3-2-14-28-23-16-20(8-13-24(23)35-17-25(28)30)27-26(31)19-6-9-21(10-7-19)29(32)33/h4-13,16H,2-3,14-15,17H2,1H3,(H,27,31). The number of nitrogens with zero attached hydrogens (tertiary/aromatic N) is 2. The van der Waals surface area contributed by atoms with E-state index in [0.717, 1.165) is 18.6 Å². The lowest BCUT2D eigenvalue weighted by molar-refractivity contribution is -0.384. The second-order valence-corrected chi connectivity index (χ2v) is 8.14. The minimum atomic E-state index is -0.522. The minimum Gasteiger partial charge on any atom is -0.494 e. The number of anilines is 2. The number of fused-ring (bicyclic) bond motifs is 1. The molecule has 0 bridgehead atoms. The van der Waals surface area contributed by atoms with Gasteiger partial charge in [-0.25, -0.2) is 0 Å². The predicted octanol–water partition coefficient (Wildman–Crippen LogP) is 4.74. The van der Waals surface area contributed by atoms with Crippen LogP contribution in [0.5, 0.6) is 11.5 Å². The van der Waals surface area contributed by atoms with Gasteiger partial charge in [0, 0.05) is 29.9 Å². The lowest BCUT2D eigenvalue weighted by Crippen LogP contribution is -2.39. The first-order valence-electron chi connectivity index (χ1n) is 11.2. The quantitative estimate of drug-likeness (QED) is 0.272. The van der Waals surface area contributed by atoms with Crippen molar-refractivity contribution in [3.05, 3.63) is 88.0 Å². The summed E-state index contributed by atoms with van der Waals surface area (Å²) in [4.78, 5) is 37.1. The van der Waals surface area contributed by atoms with Gasteiger partial charge in [-0.2, -0.15) is 0 Å². The number of benzene rings is 3. The van der Waals surface area contributed by atoms with Crippen LogP contribution in [0.25, 0.3) is 0 Å². The molecule has 0 aliphatic carbocycles. The number of carbonyl (C=O) groups excluding carboxylic acids is 2. The van der Waals surface area contributed by atoms with Gasteiger partial charge in [0.2, 0.25) is 0 Å². The number of aryl methyl sites for hydroxylation is 1. The first-order chi connectivity index (χ1) is 16.9. The molecule has 4 rings (SSSR count). The summed E-state index contributed by atoms with van der Waals surface area (Å²) in [5.74, 6) is 0.809. The van der Waals surface area contributed by atoms with Crippen molar-refractivity contribution < 1.29 is 24.0 Å². The second kappa shape index (κ2) is 10.7. The predicted molar refractivity (Wildman–Crippen MR) is 131 cm³/mol. The van der Waals surface area contributed by atoms with Gasteiger partial charge in [0.05, 0.1) is 17.2 Å². The number of hydrogen-bond acceptors (Lipinski definition) is 6. The highest BCUT2D eigenvalue weighted by molar-refractivity contribution is 6.05. The zero-order valence-corrected chi connectivity index (χ0v) is 19.2. The molecule has 1 N–H and O–H groups in total. The number of hydrogen-bond donors (Lipinski definition) is 1. The smallest absolute Gasteiger partial charge is 0.269 e. The van der Waals surface area contributed by atoms with E-state index < -0.39 is 10.8 Å². The Morgan fingerprint density at radius 3 is 2.54 bits per heavy atom. The highest BCUT2D eigenvalue weighted by Crippen LogP contribution is 2.35. The summed E-state index contributed by atoms with van der Waals surface area (Å²) in [6.07, 6.45) is 1.50. The largest absolute Gasteiger partial charge is 0.494 e. The Morgan fingerprint density at radius 2 is 1.83 bits per heavy atom. The average Bonchev–Trinajstić information content (AvgIpc) is 2.86. The van der Waals surface area contributed by atoms with Crippen LogP contribution >= 0.6 is 0 Å². The Balaban J connectivity index is 1.37. The molecule has 1 heterocycles. The molecule has 1 aliphatic heterocycles. The molecular formula is C26H25N3O6. The third-order valence-electron chi connectivity index (χ3n) is 5.57. The Bertz CT molecular complexity index is 1220. The van der Waals surface area contributed by atoms with Gasteiger partial charge in [0.1, 0.15) is 11.5 Å². The fraction of sp³-hybridized carbons (Fsp3) is 0.231. The maximum Gasteiger partial charge on any atom is 0.269 e. The van der Waals surface area contributed by atoms with Gasteiger partial charge in [-0.3, -0.25) is 19.7 Å². The zero-order chi connectivity index (χ0) is 24.8. The summed E-state index contributed by atoms with van der Waals surface area (Å²) in [7, 11) is 0. The summed E-state index contributed by atoms with van der Waals surface area (Å²) in [5, 5.41) is 13.6. The fourth-order valence-corrected chi connectivity index (χ4v) is 3.66. The third kappa shape index (κ3) is 5.94. The van der Waals surface area contributed by atoms with Crippen molar-refractivity contribution in [2.24, 2.45) is 0 Å². The van der Waals surface area contributed by atoms with Crippen LogP contribution in [0.15, 0.2) is 66.7 Å². The lowest BCUT2D eigenvalue weighted by Gasteiger charge is -2.30. The molecule has 0 unspecified atom stereocenters. The lowest BCUT2D eigenvalue weighted by atomic mass is 10.1. The van der Waals surface area contributed by atoms with E-state index in [-0.39, 0.29) is 23.8 Å². The first kappa shape index (κ1) is 23.7. The second-order valence-electron chi connectivity index (χ2n) is 8.14. The molecule has 0 fully saturated rings. The van der Waals surface area contributed by atoms with E-state index >= 15 is 0 Å². The van der Waals surface area contributed by atoms with Crippen molar-refractivity contribution >= 4 is 28.9 Å². The van der Waals surface area contributed by atoms with Crippen molar-refractivity contribution in [1.29, 1.82) is 0 Å². The van der Waals surface area contributed by atoms with Gasteiger partial charge in [-0.1, -0.05) is 17.7 Å². The highest BCUT2D eigenvalue weighted by atomic mass is 16.6. The highest BCUT2D eigenvalue weighted by Gasteiger charge is 2.25. The molecule has 0 saturated heterocycles. The maximum absolute atomic E-state index is 12.6. The van der Waals surface area contributed by atoms with Gasteiger partial charge in [0.25, 0.3) is 17.5 Å². The third-order valence-corrected chi connectivity index (χ3v) is 5.57. The van der Waals surface area contributed by atoms with E-state index in [1.807, 2.05) is 31.2 Å². The van der Waals surface area contributed by atoms with Gasteiger partial charge in [-0.15, -0.1) is 0 Å². The number of carbonyl (C=O) groups is 2. The van der Waals surface area contributed by atoms with Crippen LogP contribution in [0.3, 0.4) is 0 Å². The number of amides is 2. The topological polar surface area (TPSA) is 111 Å². The number of nitrogens with one attached hydrogen (secondary N) is 1. The number of nitro benzene ring substituents is 1. The average molecular weight is 476 g/mol. The summed E-state index contributed by atoms with van der Waals surface area (Å²) < 4.78 is 11.3. The van der Waals surface area contributed by atoms with Gasteiger partial charge >= 0.3 is 0 Å². The van der Waals surface area contributed by atoms with Crippen LogP contribution in [-0.4, -0.2) is 36.5 Å². The monoisotopic (exact) mass is 475 g/mol. The maximum atomic E-state index is 12.6. The zero-order valence-electron chi connectivity index (χ0n) is 19.2. The van der Waals surface area contributed by atoms with Crippen LogP contribution in [0, 0.1) is 17.0 Å². The molecular weight excluding hydrogens is 450 g/mol. The Hall–Kier alpha value is -4.40. The molecule has 0 atom stereocenters. The van der Waals surface area contributed by atoms with Gasteiger partial charge < -0.3 is 19.7 Å². The van der Waals surface area contributed by atoms with Gasteiger partial charge in [0.15, 0.2) is 6.61 Å². The molecule has 0 radical (unpaired) electrons. The van der Waals surface area contributed by atoms with Crippen molar-refractivity contribution in [3.8, 4) is 11.5 Å². The first-order valence-corrected chi connectivity index (χ1v) is 11.2. The molecule has 180 valence electrons. The summed E-state index contributed by atoms with van der Waals surface area (Å²) in [5.41, 5.74) is 2.43. The molecule has 1 aliphatic rings. The number of rotatable bonds is 9. The molecule has 9 heteroatoms. The van der Waals surface area contributed by atoms with Crippen LogP contribution in [0.4, 0.5) is 17.1 Å². The Morgan fingerprint density at radius 1 is 1.09 bits per heavy atom. The van der Waals surface area contributed by atoms with E-state index in [4.69, 9.17) is 9.47 Å². The number of ether oxygens (including phenoxy) is 2. The molecule has 2 amide bonds. The Labute approximate surface area is 202 Å². The summed E-state index contributed by atoms with van der Waals surface area (Å²) in [6, 6.07) is 18.3. The van der Waals surface area contributed by atoms with Crippen molar-refractivity contribution in [3.63, 3.8) is 0 Å². The van der Waals surface area contributed by atoms with Crippen LogP contribution in [0.1, 0.15) is 28.8 Å². The van der Waals surface area contributed by atoms with E-state index in [1.54, 1.807) is 23.1 Å². The number of unbranched alkanes of at least 4 members (excludes halogenated alkanes) is 1. The summed E-state index contributed by atoms with van der Waals surface area (Å²) in [6.45, 7) is 3.01. The van der Waals surface area contributed by atoms with Gasteiger partial charge in [-0.05, 0) is 62.2 Å². The van der Waals surface area contributed by atoms with Crippen LogP contribution in [-0.2, 0) is 4.79 Å². The molecule has 9 nitrogen and oxygen atoms in total. The summed E-state index contributed by atoms with van der Waals surface area (Å²) >= 11 is 0. The minimum absolute atomic E-state index is 0.0403. The molecule has 0 saturated carbocycles. The van der Waals surface area contributed by atoms with Crippen LogP contribution in [0.2, 0.25) is 0 Å². The van der Waals surface area contributed by atoms with Crippen LogP contribution < -0.4 is 19.7 Å². The van der Waals surface area contributed by atoms with E-state index in [1.165, 1.54) is 29.8 Å². The normalized spacial score (nSPS) is 12.5. The van der Waals surface area contributed by atoms with E-state index in [2.05, 4.69) is 5.32 Å². The molecule has 0 aromatic heterocycles. The molecule has 3 aromatic carbocycles. The van der Waals surface area contributed by atoms with Crippen molar-refractivity contribution in [1.82, 2.24) is 0 Å². The molecule has 35 heavy (non-hydrogen) atoms. The van der Waals surface area contributed by atoms with Crippen molar-refractivity contribution in [2.45, 2.75) is 19.8 Å².